The number of hydrogen-bond acceptors (Lipinski definition) is 6. The van der Waals surface area contributed by atoms with Gasteiger partial charge in [-0.1, -0.05) is 17.8 Å². The summed E-state index contributed by atoms with van der Waals surface area (Å²) in [6.45, 7) is 0.633. The lowest BCUT2D eigenvalue weighted by molar-refractivity contribution is 0.307. The number of anilines is 1. The van der Waals surface area contributed by atoms with Gasteiger partial charge in [-0.15, -0.1) is 11.3 Å². The Kier molecular flexibility index (Phi) is 4.83. The van der Waals surface area contributed by atoms with E-state index in [4.69, 9.17) is 4.74 Å². The van der Waals surface area contributed by atoms with Crippen molar-refractivity contribution >= 4 is 28.9 Å². The quantitative estimate of drug-likeness (QED) is 0.651. The van der Waals surface area contributed by atoms with Crippen LogP contribution in [0.1, 0.15) is 4.88 Å². The van der Waals surface area contributed by atoms with Crippen molar-refractivity contribution in [2.24, 2.45) is 0 Å². The van der Waals surface area contributed by atoms with Crippen molar-refractivity contribution in [3.8, 4) is 5.88 Å². The van der Waals surface area contributed by atoms with E-state index in [2.05, 4.69) is 32.8 Å². The smallest absolute Gasteiger partial charge is 0.219 e. The zero-order chi connectivity index (χ0) is 12.8. The molecule has 0 fully saturated rings. The van der Waals surface area contributed by atoms with Gasteiger partial charge in [-0.25, -0.2) is 4.98 Å². The SMILES string of the molecule is CNc1cc(OCCc2cccs2)nc(SC)n1. The highest BCUT2D eigenvalue weighted by molar-refractivity contribution is 7.98. The lowest BCUT2D eigenvalue weighted by Gasteiger charge is -2.07. The van der Waals surface area contributed by atoms with Crippen LogP contribution >= 0.6 is 23.1 Å². The molecule has 96 valence electrons. The summed E-state index contributed by atoms with van der Waals surface area (Å²) < 4.78 is 5.67. The van der Waals surface area contributed by atoms with Crippen molar-refractivity contribution < 1.29 is 4.74 Å². The van der Waals surface area contributed by atoms with Gasteiger partial charge in [0.15, 0.2) is 5.16 Å². The van der Waals surface area contributed by atoms with Crippen LogP contribution in [0.15, 0.2) is 28.7 Å². The minimum Gasteiger partial charge on any atom is -0.477 e. The first-order valence-corrected chi connectivity index (χ1v) is 7.68. The fraction of sp³-hybridized carbons (Fsp3) is 0.333. The average Bonchev–Trinajstić information content (AvgIpc) is 2.91. The van der Waals surface area contributed by atoms with Gasteiger partial charge in [0.05, 0.1) is 6.61 Å². The number of thioether (sulfide) groups is 1. The average molecular weight is 281 g/mol. The Labute approximate surface area is 115 Å². The summed E-state index contributed by atoms with van der Waals surface area (Å²) in [5, 5.41) is 5.79. The second-order valence-corrected chi connectivity index (χ2v) is 5.31. The highest BCUT2D eigenvalue weighted by atomic mass is 32.2. The number of aromatic nitrogens is 2. The lowest BCUT2D eigenvalue weighted by Crippen LogP contribution is -2.04. The van der Waals surface area contributed by atoms with Gasteiger partial charge in [-0.3, -0.25) is 0 Å². The highest BCUT2D eigenvalue weighted by Crippen LogP contribution is 2.19. The summed E-state index contributed by atoms with van der Waals surface area (Å²) in [6.07, 6.45) is 2.86. The molecule has 18 heavy (non-hydrogen) atoms. The Morgan fingerprint density at radius 1 is 1.44 bits per heavy atom. The van der Waals surface area contributed by atoms with Crippen LogP contribution in [0.4, 0.5) is 5.82 Å². The second-order valence-electron chi connectivity index (χ2n) is 3.51. The third kappa shape index (κ3) is 3.61. The standard InChI is InChI=1S/C12H15N3OS2/c1-13-10-8-11(15-12(14-10)17-2)16-6-5-9-4-3-7-18-9/h3-4,7-8H,5-6H2,1-2H3,(H,13,14,15). The van der Waals surface area contributed by atoms with E-state index in [0.29, 0.717) is 17.6 Å². The molecule has 0 bridgehead atoms. The van der Waals surface area contributed by atoms with Gasteiger partial charge in [0.25, 0.3) is 0 Å². The molecule has 2 heterocycles. The Balaban J connectivity index is 1.95. The van der Waals surface area contributed by atoms with Gasteiger partial charge in [0.1, 0.15) is 5.82 Å². The number of rotatable bonds is 6. The summed E-state index contributed by atoms with van der Waals surface area (Å²) in [5.41, 5.74) is 0. The predicted octanol–water partition coefficient (Wildman–Crippen LogP) is 2.92. The molecule has 0 radical (unpaired) electrons. The molecule has 0 amide bonds. The fourth-order valence-electron chi connectivity index (χ4n) is 1.41. The van der Waals surface area contributed by atoms with Crippen LogP contribution in [0.25, 0.3) is 0 Å². The molecule has 6 heteroatoms. The van der Waals surface area contributed by atoms with Gasteiger partial charge in [-0.2, -0.15) is 4.98 Å². The molecule has 0 spiro atoms. The van der Waals surface area contributed by atoms with E-state index in [1.165, 1.54) is 16.6 Å². The van der Waals surface area contributed by atoms with E-state index in [1.54, 1.807) is 11.3 Å². The van der Waals surface area contributed by atoms with Gasteiger partial charge in [0.2, 0.25) is 5.88 Å². The van der Waals surface area contributed by atoms with Crippen molar-refractivity contribution in [1.29, 1.82) is 0 Å². The summed E-state index contributed by atoms with van der Waals surface area (Å²) in [7, 11) is 1.84. The maximum absolute atomic E-state index is 5.67. The molecule has 2 aromatic heterocycles. The van der Waals surface area contributed by atoms with Crippen LogP contribution in [-0.4, -0.2) is 29.9 Å². The molecular formula is C12H15N3OS2. The summed E-state index contributed by atoms with van der Waals surface area (Å²) in [5.74, 6) is 1.40. The van der Waals surface area contributed by atoms with Crippen LogP contribution in [0.3, 0.4) is 0 Å². The Morgan fingerprint density at radius 2 is 2.33 bits per heavy atom. The topological polar surface area (TPSA) is 47.0 Å². The predicted molar refractivity (Wildman–Crippen MR) is 76.9 cm³/mol. The zero-order valence-corrected chi connectivity index (χ0v) is 12.0. The minimum absolute atomic E-state index is 0.621. The Hall–Kier alpha value is -1.27. The Bertz CT molecular complexity index is 466. The summed E-state index contributed by atoms with van der Waals surface area (Å²) in [4.78, 5) is 9.93. The van der Waals surface area contributed by atoms with E-state index in [1.807, 2.05) is 19.4 Å². The molecular weight excluding hydrogens is 266 g/mol. The van der Waals surface area contributed by atoms with Crippen LogP contribution < -0.4 is 10.1 Å². The monoisotopic (exact) mass is 281 g/mol. The van der Waals surface area contributed by atoms with Crippen LogP contribution in [0.5, 0.6) is 5.88 Å². The molecule has 0 aliphatic carbocycles. The largest absolute Gasteiger partial charge is 0.477 e. The van der Waals surface area contributed by atoms with Crippen molar-refractivity contribution in [1.82, 2.24) is 9.97 Å². The molecule has 0 unspecified atom stereocenters. The van der Waals surface area contributed by atoms with Crippen molar-refractivity contribution in [3.63, 3.8) is 0 Å². The van der Waals surface area contributed by atoms with E-state index in [0.717, 1.165) is 12.2 Å². The molecule has 0 aliphatic rings. The molecule has 2 aromatic rings. The molecule has 2 rings (SSSR count). The first-order valence-electron chi connectivity index (χ1n) is 5.58. The fourth-order valence-corrected chi connectivity index (χ4v) is 2.47. The second kappa shape index (κ2) is 6.61. The number of nitrogens with zero attached hydrogens (tertiary/aromatic N) is 2. The van der Waals surface area contributed by atoms with E-state index < -0.39 is 0 Å². The van der Waals surface area contributed by atoms with Crippen LogP contribution in [0.2, 0.25) is 0 Å². The van der Waals surface area contributed by atoms with E-state index >= 15 is 0 Å². The maximum Gasteiger partial charge on any atom is 0.219 e. The molecule has 1 N–H and O–H groups in total. The maximum atomic E-state index is 5.67. The first kappa shape index (κ1) is 13.2. The van der Waals surface area contributed by atoms with E-state index in [9.17, 15) is 0 Å². The summed E-state index contributed by atoms with van der Waals surface area (Å²) in [6, 6.07) is 5.98. The van der Waals surface area contributed by atoms with Crippen LogP contribution in [0, 0.1) is 0 Å². The van der Waals surface area contributed by atoms with Gasteiger partial charge >= 0.3 is 0 Å². The Morgan fingerprint density at radius 3 is 3.00 bits per heavy atom. The third-order valence-corrected chi connectivity index (χ3v) is 3.78. The molecule has 0 atom stereocenters. The van der Waals surface area contributed by atoms with Crippen molar-refractivity contribution in [3.05, 3.63) is 28.5 Å². The van der Waals surface area contributed by atoms with Gasteiger partial charge in [-0.05, 0) is 17.7 Å². The first-order chi connectivity index (χ1) is 8.81. The highest BCUT2D eigenvalue weighted by Gasteiger charge is 2.04. The zero-order valence-electron chi connectivity index (χ0n) is 10.3. The molecule has 0 saturated heterocycles. The lowest BCUT2D eigenvalue weighted by atomic mass is 10.4. The molecule has 0 saturated carbocycles. The van der Waals surface area contributed by atoms with Gasteiger partial charge in [0, 0.05) is 24.4 Å². The number of hydrogen-bond donors (Lipinski definition) is 1. The summed E-state index contributed by atoms with van der Waals surface area (Å²) >= 11 is 3.25. The molecule has 0 aromatic carbocycles. The number of ether oxygens (including phenoxy) is 1. The van der Waals surface area contributed by atoms with Crippen molar-refractivity contribution in [2.75, 3.05) is 25.2 Å². The number of thiophene rings is 1. The van der Waals surface area contributed by atoms with Gasteiger partial charge < -0.3 is 10.1 Å². The third-order valence-electron chi connectivity index (χ3n) is 2.30. The molecule has 4 nitrogen and oxygen atoms in total. The van der Waals surface area contributed by atoms with Crippen LogP contribution in [-0.2, 0) is 6.42 Å². The molecule has 0 aliphatic heterocycles. The normalized spacial score (nSPS) is 10.3. The van der Waals surface area contributed by atoms with E-state index in [-0.39, 0.29) is 0 Å². The van der Waals surface area contributed by atoms with Crippen molar-refractivity contribution in [2.45, 2.75) is 11.6 Å². The number of nitrogens with one attached hydrogen (secondary N) is 1. The minimum atomic E-state index is 0.621.